The second kappa shape index (κ2) is 9.77. The summed E-state index contributed by atoms with van der Waals surface area (Å²) in [5, 5.41) is 5.61. The molecular formula is C22H19BrFN3O2S. The fraction of sp³-hybridized carbons (Fsp3) is 0.0909. The molecule has 30 heavy (non-hydrogen) atoms. The minimum absolute atomic E-state index is 0.246. The molecule has 154 valence electrons. The quantitative estimate of drug-likeness (QED) is 0.388. The van der Waals surface area contributed by atoms with E-state index in [1.807, 2.05) is 6.07 Å². The smallest absolute Gasteiger partial charge is 0.330 e. The molecule has 3 rings (SSSR count). The van der Waals surface area contributed by atoms with Crippen LogP contribution in [0.3, 0.4) is 0 Å². The fourth-order valence-electron chi connectivity index (χ4n) is 2.73. The zero-order chi connectivity index (χ0) is 21.7. The Morgan fingerprint density at radius 1 is 1.00 bits per heavy atom. The number of amides is 3. The predicted octanol–water partition coefficient (Wildman–Crippen LogP) is 5.96. The molecule has 3 aromatic rings. The Morgan fingerprint density at radius 3 is 2.27 bits per heavy atom. The second-order valence-corrected chi connectivity index (χ2v) is 7.77. The van der Waals surface area contributed by atoms with Gasteiger partial charge in [0.15, 0.2) is 0 Å². The van der Waals surface area contributed by atoms with E-state index in [-0.39, 0.29) is 17.8 Å². The number of carbonyl (C=O) groups is 2. The highest BCUT2D eigenvalue weighted by Gasteiger charge is 2.16. The topological polar surface area (TPSA) is 61.4 Å². The highest BCUT2D eigenvalue weighted by Crippen LogP contribution is 2.22. The van der Waals surface area contributed by atoms with Crippen molar-refractivity contribution in [2.75, 3.05) is 9.62 Å². The molecule has 0 aliphatic rings. The third-order valence-electron chi connectivity index (χ3n) is 4.39. The third kappa shape index (κ3) is 5.40. The Hall–Kier alpha value is -2.84. The van der Waals surface area contributed by atoms with Crippen LogP contribution < -0.4 is 14.9 Å². The molecule has 0 fully saturated rings. The predicted molar refractivity (Wildman–Crippen MR) is 123 cm³/mol. The van der Waals surface area contributed by atoms with Gasteiger partial charge in [-0.05, 0) is 76.9 Å². The van der Waals surface area contributed by atoms with E-state index in [9.17, 15) is 14.0 Å². The Labute approximate surface area is 188 Å². The molecule has 0 spiro atoms. The standard InChI is InChI=1S/C22H19BrFN3O2S/c1-14(15-6-8-16(24)9-7-15)25-22(29)27(30)18-12-10-17(11-13-18)26-21(28)19-4-2-3-5-20(19)23/h2-14,30H,1H3,(H,25,29)(H,26,28). The number of urea groups is 1. The van der Waals surface area contributed by atoms with Crippen molar-refractivity contribution in [3.05, 3.63) is 94.2 Å². The average Bonchev–Trinajstić information content (AvgIpc) is 2.74. The van der Waals surface area contributed by atoms with Crippen LogP contribution in [0, 0.1) is 5.82 Å². The van der Waals surface area contributed by atoms with Gasteiger partial charge in [0.05, 0.1) is 17.3 Å². The van der Waals surface area contributed by atoms with E-state index < -0.39 is 6.03 Å². The summed E-state index contributed by atoms with van der Waals surface area (Å²) in [5.41, 5.74) is 2.41. The van der Waals surface area contributed by atoms with Crippen LogP contribution in [0.2, 0.25) is 0 Å². The molecule has 0 aromatic heterocycles. The first-order chi connectivity index (χ1) is 14.3. The molecule has 0 radical (unpaired) electrons. The van der Waals surface area contributed by atoms with Crippen LogP contribution in [-0.4, -0.2) is 11.9 Å². The van der Waals surface area contributed by atoms with Crippen molar-refractivity contribution in [3.8, 4) is 0 Å². The normalized spacial score (nSPS) is 11.5. The van der Waals surface area contributed by atoms with Crippen LogP contribution >= 0.6 is 28.7 Å². The molecule has 0 saturated heterocycles. The lowest BCUT2D eigenvalue weighted by molar-refractivity contribution is 0.102. The number of nitrogens with zero attached hydrogens (tertiary/aromatic N) is 1. The van der Waals surface area contributed by atoms with Gasteiger partial charge in [0.1, 0.15) is 5.82 Å². The molecule has 0 aliphatic carbocycles. The van der Waals surface area contributed by atoms with E-state index in [1.54, 1.807) is 61.5 Å². The fourth-order valence-corrected chi connectivity index (χ4v) is 3.38. The first-order valence-corrected chi connectivity index (χ1v) is 10.3. The molecule has 1 unspecified atom stereocenters. The number of benzene rings is 3. The first kappa shape index (κ1) is 21.9. The molecule has 0 aliphatic heterocycles. The van der Waals surface area contributed by atoms with E-state index in [4.69, 9.17) is 0 Å². The van der Waals surface area contributed by atoms with Crippen molar-refractivity contribution in [2.24, 2.45) is 0 Å². The van der Waals surface area contributed by atoms with Gasteiger partial charge in [0, 0.05) is 10.2 Å². The average molecular weight is 488 g/mol. The van der Waals surface area contributed by atoms with Gasteiger partial charge in [-0.15, -0.1) is 0 Å². The molecule has 2 N–H and O–H groups in total. The van der Waals surface area contributed by atoms with Crippen molar-refractivity contribution in [3.63, 3.8) is 0 Å². The molecule has 0 saturated carbocycles. The van der Waals surface area contributed by atoms with Crippen LogP contribution in [0.15, 0.2) is 77.3 Å². The van der Waals surface area contributed by atoms with Gasteiger partial charge in [-0.1, -0.05) is 37.1 Å². The van der Waals surface area contributed by atoms with E-state index in [1.165, 1.54) is 16.4 Å². The Balaban J connectivity index is 1.62. The number of thiol groups is 1. The highest BCUT2D eigenvalue weighted by molar-refractivity contribution is 9.10. The van der Waals surface area contributed by atoms with Crippen LogP contribution in [0.5, 0.6) is 0 Å². The summed E-state index contributed by atoms with van der Waals surface area (Å²) in [6.45, 7) is 1.80. The Kier molecular flexibility index (Phi) is 7.12. The number of rotatable bonds is 5. The molecule has 5 nitrogen and oxygen atoms in total. The van der Waals surface area contributed by atoms with Crippen molar-refractivity contribution >= 4 is 52.1 Å². The molecule has 0 heterocycles. The molecule has 1 atom stereocenters. The Bertz CT molecular complexity index is 1050. The molecule has 3 amide bonds. The summed E-state index contributed by atoms with van der Waals surface area (Å²) < 4.78 is 14.9. The molecule has 8 heteroatoms. The van der Waals surface area contributed by atoms with E-state index in [0.717, 1.165) is 5.56 Å². The lowest BCUT2D eigenvalue weighted by atomic mass is 10.1. The lowest BCUT2D eigenvalue weighted by Crippen LogP contribution is -2.35. The van der Waals surface area contributed by atoms with E-state index in [2.05, 4.69) is 39.4 Å². The first-order valence-electron chi connectivity index (χ1n) is 9.06. The third-order valence-corrected chi connectivity index (χ3v) is 5.49. The molecule has 0 bridgehead atoms. The maximum atomic E-state index is 13.1. The minimum atomic E-state index is -0.430. The molecular weight excluding hydrogens is 469 g/mol. The highest BCUT2D eigenvalue weighted by atomic mass is 79.9. The summed E-state index contributed by atoms with van der Waals surface area (Å²) >= 11 is 7.62. The van der Waals surface area contributed by atoms with Gasteiger partial charge in [-0.3, -0.25) is 4.79 Å². The van der Waals surface area contributed by atoms with Gasteiger partial charge in [0.25, 0.3) is 5.91 Å². The number of halogens is 2. The Morgan fingerprint density at radius 2 is 1.63 bits per heavy atom. The number of carbonyl (C=O) groups excluding carboxylic acids is 2. The van der Waals surface area contributed by atoms with E-state index in [0.29, 0.717) is 21.4 Å². The van der Waals surface area contributed by atoms with Gasteiger partial charge in [-0.25, -0.2) is 13.5 Å². The van der Waals surface area contributed by atoms with Crippen molar-refractivity contribution in [2.45, 2.75) is 13.0 Å². The van der Waals surface area contributed by atoms with Crippen molar-refractivity contribution < 1.29 is 14.0 Å². The van der Waals surface area contributed by atoms with Crippen LogP contribution in [0.1, 0.15) is 28.9 Å². The second-order valence-electron chi connectivity index (χ2n) is 6.52. The SMILES string of the molecule is CC(NC(=O)N(S)c1ccc(NC(=O)c2ccccc2Br)cc1)c1ccc(F)cc1. The summed E-state index contributed by atoms with van der Waals surface area (Å²) in [4.78, 5) is 24.9. The zero-order valence-electron chi connectivity index (χ0n) is 16.0. The monoisotopic (exact) mass is 487 g/mol. The number of hydrogen-bond donors (Lipinski definition) is 3. The lowest BCUT2D eigenvalue weighted by Gasteiger charge is -2.21. The van der Waals surface area contributed by atoms with Crippen LogP contribution in [0.25, 0.3) is 0 Å². The van der Waals surface area contributed by atoms with Crippen LogP contribution in [-0.2, 0) is 0 Å². The van der Waals surface area contributed by atoms with Gasteiger partial charge in [0.2, 0.25) is 0 Å². The van der Waals surface area contributed by atoms with Crippen molar-refractivity contribution in [1.29, 1.82) is 0 Å². The summed E-state index contributed by atoms with van der Waals surface area (Å²) in [6, 6.07) is 19.0. The summed E-state index contributed by atoms with van der Waals surface area (Å²) in [7, 11) is 0. The number of anilines is 2. The number of hydrogen-bond acceptors (Lipinski definition) is 3. The molecule has 3 aromatic carbocycles. The summed E-state index contributed by atoms with van der Waals surface area (Å²) in [6.07, 6.45) is 0. The zero-order valence-corrected chi connectivity index (χ0v) is 18.5. The van der Waals surface area contributed by atoms with Gasteiger partial charge >= 0.3 is 6.03 Å². The summed E-state index contributed by atoms with van der Waals surface area (Å²) in [5.74, 6) is -0.580. The van der Waals surface area contributed by atoms with Crippen LogP contribution in [0.4, 0.5) is 20.6 Å². The van der Waals surface area contributed by atoms with Gasteiger partial charge in [-0.2, -0.15) is 0 Å². The largest absolute Gasteiger partial charge is 0.332 e. The maximum Gasteiger partial charge on any atom is 0.332 e. The number of nitrogens with one attached hydrogen (secondary N) is 2. The van der Waals surface area contributed by atoms with E-state index >= 15 is 0 Å². The van der Waals surface area contributed by atoms with Crippen molar-refractivity contribution in [1.82, 2.24) is 5.32 Å². The maximum absolute atomic E-state index is 13.1. The minimum Gasteiger partial charge on any atom is -0.330 e. The van der Waals surface area contributed by atoms with Gasteiger partial charge < -0.3 is 10.6 Å².